The maximum atomic E-state index is 12.8. The Kier molecular flexibility index (Phi) is 5.29. The van der Waals surface area contributed by atoms with Gasteiger partial charge in [0.2, 0.25) is 11.9 Å². The lowest BCUT2D eigenvalue weighted by Crippen LogP contribution is -2.44. The van der Waals surface area contributed by atoms with Crippen molar-refractivity contribution in [1.29, 1.82) is 0 Å². The predicted octanol–water partition coefficient (Wildman–Crippen LogP) is 4.51. The monoisotopic (exact) mass is 458 g/mol. The molecule has 34 heavy (non-hydrogen) atoms. The number of aromatic nitrogens is 2. The number of carbonyl (C=O) groups excluding carboxylic acids is 1. The Labute approximate surface area is 198 Å². The van der Waals surface area contributed by atoms with Gasteiger partial charge in [-0.1, -0.05) is 0 Å². The second kappa shape index (κ2) is 8.47. The Hall–Kier alpha value is -3.32. The van der Waals surface area contributed by atoms with Gasteiger partial charge in [-0.2, -0.15) is 0 Å². The molecule has 0 bridgehead atoms. The molecule has 2 aliphatic rings. The summed E-state index contributed by atoms with van der Waals surface area (Å²) >= 11 is 0. The molecule has 4 heterocycles. The molecule has 6 rings (SSSR count). The smallest absolute Gasteiger partial charge is 0.223 e. The molecule has 2 aromatic heterocycles. The number of amides is 1. The highest BCUT2D eigenvalue weighted by atomic mass is 16.5. The van der Waals surface area contributed by atoms with Crippen molar-refractivity contribution in [2.24, 2.45) is 5.92 Å². The summed E-state index contributed by atoms with van der Waals surface area (Å²) in [6, 6.07) is 12.8. The topological polar surface area (TPSA) is 72.5 Å². The summed E-state index contributed by atoms with van der Waals surface area (Å²) in [6.07, 6.45) is 4.27. The molecule has 0 unspecified atom stereocenters. The first-order valence-corrected chi connectivity index (χ1v) is 12.2. The van der Waals surface area contributed by atoms with E-state index in [4.69, 9.17) is 14.1 Å². The van der Waals surface area contributed by atoms with Crippen molar-refractivity contribution >= 4 is 33.9 Å². The Balaban J connectivity index is 1.32. The van der Waals surface area contributed by atoms with Gasteiger partial charge in [0.1, 0.15) is 5.58 Å². The third kappa shape index (κ3) is 3.74. The quantitative estimate of drug-likeness (QED) is 0.487. The minimum atomic E-state index is 0.0404. The maximum Gasteiger partial charge on any atom is 0.223 e. The lowest BCUT2D eigenvalue weighted by Gasteiger charge is -2.32. The minimum Gasteiger partial charge on any atom is -0.464 e. The molecule has 0 spiro atoms. The number of nitrogens with zero attached hydrogens (tertiary/aromatic N) is 3. The zero-order chi connectivity index (χ0) is 23.2. The van der Waals surface area contributed by atoms with Crippen LogP contribution < -0.4 is 10.2 Å². The molecule has 7 heteroatoms. The van der Waals surface area contributed by atoms with Crippen molar-refractivity contribution in [3.8, 4) is 5.69 Å². The molecule has 4 aromatic rings. The number of hydrogen-bond acceptors (Lipinski definition) is 5. The number of rotatable bonds is 4. The van der Waals surface area contributed by atoms with E-state index in [0.717, 1.165) is 72.6 Å². The van der Waals surface area contributed by atoms with Gasteiger partial charge >= 0.3 is 0 Å². The second-order valence-electron chi connectivity index (χ2n) is 9.65. The molecule has 1 atom stereocenters. The predicted molar refractivity (Wildman–Crippen MR) is 133 cm³/mol. The van der Waals surface area contributed by atoms with Crippen molar-refractivity contribution < 1.29 is 13.9 Å². The summed E-state index contributed by atoms with van der Waals surface area (Å²) < 4.78 is 13.3. The highest BCUT2D eigenvalue weighted by Gasteiger charge is 2.30. The number of furan rings is 1. The van der Waals surface area contributed by atoms with Gasteiger partial charge in [0.05, 0.1) is 35.6 Å². The Bertz CT molecular complexity index is 1360. The van der Waals surface area contributed by atoms with Crippen LogP contribution in [-0.2, 0) is 9.53 Å². The maximum absolute atomic E-state index is 12.8. The highest BCUT2D eigenvalue weighted by molar-refractivity contribution is 5.86. The van der Waals surface area contributed by atoms with Crippen LogP contribution in [-0.4, -0.2) is 47.8 Å². The first-order chi connectivity index (χ1) is 16.6. The number of carbonyl (C=O) groups is 1. The molecular weight excluding hydrogens is 428 g/mol. The number of ether oxygens (including phenoxy) is 1. The van der Waals surface area contributed by atoms with Crippen LogP contribution in [0.2, 0.25) is 0 Å². The fourth-order valence-electron chi connectivity index (χ4n) is 5.18. The Morgan fingerprint density at radius 2 is 1.88 bits per heavy atom. The SMILES string of the molecule is Cc1cc2nc(N3CCC(C(=O)N[C@@H]4CCOC4)CC3)n(-c3ccc4ccoc4c3)c2cc1C. The number of anilines is 1. The minimum absolute atomic E-state index is 0.0404. The first kappa shape index (κ1) is 21.2. The van der Waals surface area contributed by atoms with Crippen LogP contribution in [0.5, 0.6) is 0 Å². The van der Waals surface area contributed by atoms with Crippen LogP contribution in [0, 0.1) is 19.8 Å². The van der Waals surface area contributed by atoms with E-state index < -0.39 is 0 Å². The van der Waals surface area contributed by atoms with E-state index in [1.54, 1.807) is 6.26 Å². The molecule has 2 saturated heterocycles. The summed E-state index contributed by atoms with van der Waals surface area (Å²) in [4.78, 5) is 20.2. The Morgan fingerprint density at radius 1 is 1.06 bits per heavy atom. The Morgan fingerprint density at radius 3 is 2.68 bits per heavy atom. The number of nitrogens with one attached hydrogen (secondary N) is 1. The summed E-state index contributed by atoms with van der Waals surface area (Å²) in [7, 11) is 0. The van der Waals surface area contributed by atoms with E-state index in [-0.39, 0.29) is 17.9 Å². The van der Waals surface area contributed by atoms with E-state index in [2.05, 4.69) is 59.0 Å². The zero-order valence-electron chi connectivity index (χ0n) is 19.7. The number of hydrogen-bond donors (Lipinski definition) is 1. The molecule has 176 valence electrons. The molecule has 1 amide bonds. The van der Waals surface area contributed by atoms with Crippen molar-refractivity contribution in [1.82, 2.24) is 14.9 Å². The van der Waals surface area contributed by atoms with Gasteiger partial charge in [-0.3, -0.25) is 9.36 Å². The van der Waals surface area contributed by atoms with Gasteiger partial charge in [-0.15, -0.1) is 0 Å². The van der Waals surface area contributed by atoms with E-state index >= 15 is 0 Å². The average molecular weight is 459 g/mol. The fourth-order valence-corrected chi connectivity index (χ4v) is 5.18. The zero-order valence-corrected chi connectivity index (χ0v) is 19.7. The summed E-state index contributed by atoms with van der Waals surface area (Å²) in [6.45, 7) is 7.23. The number of piperidine rings is 1. The molecule has 7 nitrogen and oxygen atoms in total. The van der Waals surface area contributed by atoms with Gasteiger partial charge in [0, 0.05) is 37.1 Å². The van der Waals surface area contributed by atoms with Gasteiger partial charge in [0.25, 0.3) is 0 Å². The third-order valence-electron chi connectivity index (χ3n) is 7.37. The van der Waals surface area contributed by atoms with Gasteiger partial charge < -0.3 is 19.4 Å². The summed E-state index contributed by atoms with van der Waals surface area (Å²) in [5.41, 5.74) is 6.44. The molecule has 2 aromatic carbocycles. The van der Waals surface area contributed by atoms with Crippen LogP contribution in [0.25, 0.3) is 27.7 Å². The first-order valence-electron chi connectivity index (χ1n) is 12.2. The van der Waals surface area contributed by atoms with Gasteiger partial charge in [-0.05, 0) is 74.6 Å². The largest absolute Gasteiger partial charge is 0.464 e. The normalized spacial score (nSPS) is 19.4. The van der Waals surface area contributed by atoms with Gasteiger partial charge in [-0.25, -0.2) is 4.98 Å². The lowest BCUT2D eigenvalue weighted by atomic mass is 9.95. The van der Waals surface area contributed by atoms with E-state index in [9.17, 15) is 4.79 Å². The summed E-state index contributed by atoms with van der Waals surface area (Å²) in [5.74, 6) is 1.13. The van der Waals surface area contributed by atoms with Gasteiger partial charge in [0.15, 0.2) is 0 Å². The standard InChI is InChI=1S/C27H30N4O3/c1-17-13-23-24(14-18(17)2)31(22-4-3-19-7-12-34-25(19)15-22)27(29-23)30-9-5-20(6-10-30)26(32)28-21-8-11-33-16-21/h3-4,7,12-15,20-21H,5-6,8-11,16H2,1-2H3,(H,28,32)/t21-/m1/s1. The summed E-state index contributed by atoms with van der Waals surface area (Å²) in [5, 5.41) is 4.26. The van der Waals surface area contributed by atoms with Crippen LogP contribution in [0.4, 0.5) is 5.95 Å². The molecule has 2 aliphatic heterocycles. The van der Waals surface area contributed by atoms with E-state index in [1.807, 2.05) is 6.07 Å². The number of imidazole rings is 1. The van der Waals surface area contributed by atoms with E-state index in [1.165, 1.54) is 11.1 Å². The molecule has 2 fully saturated rings. The third-order valence-corrected chi connectivity index (χ3v) is 7.37. The molecule has 0 radical (unpaired) electrons. The molecular formula is C27H30N4O3. The van der Waals surface area contributed by atoms with Crippen LogP contribution in [0.3, 0.4) is 0 Å². The van der Waals surface area contributed by atoms with Crippen molar-refractivity contribution in [3.05, 3.63) is 53.8 Å². The van der Waals surface area contributed by atoms with E-state index in [0.29, 0.717) is 6.61 Å². The molecule has 0 saturated carbocycles. The highest BCUT2D eigenvalue weighted by Crippen LogP contribution is 2.33. The lowest BCUT2D eigenvalue weighted by molar-refractivity contribution is -0.126. The molecule has 1 N–H and O–H groups in total. The van der Waals surface area contributed by atoms with Crippen LogP contribution >= 0.6 is 0 Å². The van der Waals surface area contributed by atoms with Crippen LogP contribution in [0.15, 0.2) is 47.1 Å². The van der Waals surface area contributed by atoms with Crippen LogP contribution in [0.1, 0.15) is 30.4 Å². The number of aryl methyl sites for hydroxylation is 2. The second-order valence-corrected chi connectivity index (χ2v) is 9.65. The fraction of sp³-hybridized carbons (Fsp3) is 0.407. The van der Waals surface area contributed by atoms with Crippen molar-refractivity contribution in [2.45, 2.75) is 39.2 Å². The van der Waals surface area contributed by atoms with Crippen molar-refractivity contribution in [3.63, 3.8) is 0 Å². The number of fused-ring (bicyclic) bond motifs is 2. The average Bonchev–Trinajstić information content (AvgIpc) is 3.59. The number of benzene rings is 2. The molecule has 0 aliphatic carbocycles. The van der Waals surface area contributed by atoms with Crippen molar-refractivity contribution in [2.75, 3.05) is 31.2 Å².